The molecule has 0 aromatic heterocycles. The fourth-order valence-electron chi connectivity index (χ4n) is 2.51. The van der Waals surface area contributed by atoms with E-state index in [4.69, 9.17) is 0 Å². The fourth-order valence-corrected chi connectivity index (χ4v) is 2.51. The summed E-state index contributed by atoms with van der Waals surface area (Å²) in [6.07, 6.45) is 0.792. The molecule has 110 valence electrons. The molecule has 0 spiro atoms. The molecule has 1 aromatic carbocycles. The Bertz CT molecular complexity index is 529. The zero-order chi connectivity index (χ0) is 14.9. The Balaban J connectivity index is 2.18. The first kappa shape index (κ1) is 14.9. The van der Waals surface area contributed by atoms with Crippen molar-refractivity contribution < 1.29 is 13.6 Å². The van der Waals surface area contributed by atoms with Crippen LogP contribution in [-0.4, -0.2) is 25.0 Å². The fraction of sp³-hybridized carbons (Fsp3) is 0.533. The molecule has 20 heavy (non-hydrogen) atoms. The van der Waals surface area contributed by atoms with Crippen LogP contribution in [0.25, 0.3) is 0 Å². The monoisotopic (exact) mass is 282 g/mol. The topological polar surface area (TPSA) is 41.1 Å². The van der Waals surface area contributed by atoms with Gasteiger partial charge in [0.15, 0.2) is 0 Å². The summed E-state index contributed by atoms with van der Waals surface area (Å²) in [7, 11) is 0. The molecule has 1 aliphatic heterocycles. The Morgan fingerprint density at radius 1 is 1.35 bits per heavy atom. The molecule has 3 nitrogen and oxygen atoms in total. The number of piperidine rings is 1. The van der Waals surface area contributed by atoms with Crippen molar-refractivity contribution >= 4 is 5.91 Å². The molecular formula is C15H20F2N2O. The molecule has 2 N–H and O–H groups in total. The predicted octanol–water partition coefficient (Wildman–Crippen LogP) is 2.39. The van der Waals surface area contributed by atoms with Crippen LogP contribution in [0.5, 0.6) is 0 Å². The molecule has 1 aliphatic rings. The van der Waals surface area contributed by atoms with E-state index < -0.39 is 17.5 Å². The van der Waals surface area contributed by atoms with Crippen molar-refractivity contribution in [2.45, 2.75) is 33.2 Å². The highest BCUT2D eigenvalue weighted by Gasteiger charge is 2.33. The smallest absolute Gasteiger partial charge is 0.254 e. The van der Waals surface area contributed by atoms with E-state index in [1.807, 2.05) is 0 Å². The predicted molar refractivity (Wildman–Crippen MR) is 73.6 cm³/mol. The van der Waals surface area contributed by atoms with Crippen molar-refractivity contribution in [3.05, 3.63) is 34.9 Å². The van der Waals surface area contributed by atoms with Crippen molar-refractivity contribution in [1.82, 2.24) is 10.6 Å². The van der Waals surface area contributed by atoms with E-state index in [0.29, 0.717) is 0 Å². The summed E-state index contributed by atoms with van der Waals surface area (Å²) in [6, 6.07) is 1.99. The maximum atomic E-state index is 13.7. The molecule has 0 bridgehead atoms. The van der Waals surface area contributed by atoms with Crippen LogP contribution in [0.4, 0.5) is 8.78 Å². The largest absolute Gasteiger partial charge is 0.349 e. The van der Waals surface area contributed by atoms with Gasteiger partial charge in [-0.2, -0.15) is 0 Å². The number of amides is 1. The number of rotatable bonds is 2. The van der Waals surface area contributed by atoms with Gasteiger partial charge in [0.2, 0.25) is 0 Å². The highest BCUT2D eigenvalue weighted by atomic mass is 19.1. The van der Waals surface area contributed by atoms with E-state index in [0.717, 1.165) is 25.6 Å². The first-order valence-corrected chi connectivity index (χ1v) is 6.78. The summed E-state index contributed by atoms with van der Waals surface area (Å²) in [5, 5.41) is 6.14. The molecule has 1 saturated heterocycles. The Kier molecular flexibility index (Phi) is 4.09. The van der Waals surface area contributed by atoms with Crippen LogP contribution >= 0.6 is 0 Å². The van der Waals surface area contributed by atoms with Gasteiger partial charge < -0.3 is 10.6 Å². The van der Waals surface area contributed by atoms with Gasteiger partial charge in [0.25, 0.3) is 5.91 Å². The summed E-state index contributed by atoms with van der Waals surface area (Å²) < 4.78 is 26.9. The third kappa shape index (κ3) is 2.98. The van der Waals surface area contributed by atoms with Gasteiger partial charge in [0.1, 0.15) is 11.6 Å². The van der Waals surface area contributed by atoms with Crippen LogP contribution in [0, 0.1) is 24.0 Å². The van der Waals surface area contributed by atoms with Crippen molar-refractivity contribution in [3.8, 4) is 0 Å². The van der Waals surface area contributed by atoms with Crippen LogP contribution in [0.1, 0.15) is 36.2 Å². The van der Waals surface area contributed by atoms with E-state index >= 15 is 0 Å². The Morgan fingerprint density at radius 3 is 2.70 bits per heavy atom. The molecule has 1 aromatic rings. The number of carbonyl (C=O) groups is 1. The zero-order valence-electron chi connectivity index (χ0n) is 12.0. The van der Waals surface area contributed by atoms with E-state index in [2.05, 4.69) is 24.5 Å². The standard InChI is InChI=1S/C15H20F2N2O/c1-9-6-10(12(17)7-11(9)16)14(20)19-13-4-5-18-8-15(13,2)3/h6-7,13,18H,4-5,8H2,1-3H3,(H,19,20). The van der Waals surface area contributed by atoms with E-state index in [9.17, 15) is 13.6 Å². The SMILES string of the molecule is Cc1cc(C(=O)NC2CCNCC2(C)C)c(F)cc1F. The summed E-state index contributed by atoms with van der Waals surface area (Å²) in [5.41, 5.74) is 0.0683. The molecule has 1 atom stereocenters. The van der Waals surface area contributed by atoms with E-state index in [1.54, 1.807) is 0 Å². The minimum absolute atomic E-state index is 0.0268. The van der Waals surface area contributed by atoms with Gasteiger partial charge in [-0.1, -0.05) is 13.8 Å². The quantitative estimate of drug-likeness (QED) is 0.874. The van der Waals surface area contributed by atoms with Crippen molar-refractivity contribution in [1.29, 1.82) is 0 Å². The highest BCUT2D eigenvalue weighted by Crippen LogP contribution is 2.25. The molecule has 1 amide bonds. The van der Waals surface area contributed by atoms with Gasteiger partial charge in [-0.15, -0.1) is 0 Å². The minimum Gasteiger partial charge on any atom is -0.349 e. The molecule has 5 heteroatoms. The van der Waals surface area contributed by atoms with Gasteiger partial charge in [-0.25, -0.2) is 8.78 Å². The normalized spacial score (nSPS) is 21.6. The second-order valence-electron chi connectivity index (χ2n) is 6.06. The molecule has 1 fully saturated rings. The van der Waals surface area contributed by atoms with Crippen LogP contribution in [0.15, 0.2) is 12.1 Å². The summed E-state index contributed by atoms with van der Waals surface area (Å²) in [6.45, 7) is 7.23. The molecular weight excluding hydrogens is 262 g/mol. The number of hydrogen-bond acceptors (Lipinski definition) is 2. The molecule has 2 rings (SSSR count). The summed E-state index contributed by atoms with van der Waals surface area (Å²) >= 11 is 0. The van der Waals surface area contributed by atoms with Gasteiger partial charge in [-0.05, 0) is 36.9 Å². The van der Waals surface area contributed by atoms with E-state index in [1.165, 1.54) is 13.0 Å². The zero-order valence-corrected chi connectivity index (χ0v) is 12.0. The van der Waals surface area contributed by atoms with Gasteiger partial charge in [0, 0.05) is 18.7 Å². The number of hydrogen-bond donors (Lipinski definition) is 2. The van der Waals surface area contributed by atoms with Crippen molar-refractivity contribution in [2.75, 3.05) is 13.1 Å². The average Bonchev–Trinajstić information content (AvgIpc) is 2.36. The van der Waals surface area contributed by atoms with Crippen LogP contribution in [-0.2, 0) is 0 Å². The molecule has 0 aliphatic carbocycles. The molecule has 0 saturated carbocycles. The van der Waals surface area contributed by atoms with E-state index in [-0.39, 0.29) is 22.6 Å². The van der Waals surface area contributed by atoms with Gasteiger partial charge >= 0.3 is 0 Å². The Labute approximate surface area is 117 Å². The number of carbonyl (C=O) groups excluding carboxylic acids is 1. The van der Waals surface area contributed by atoms with Gasteiger partial charge in [0.05, 0.1) is 5.56 Å². The molecule has 1 unspecified atom stereocenters. The van der Waals surface area contributed by atoms with Gasteiger partial charge in [-0.3, -0.25) is 4.79 Å². The Hall–Kier alpha value is -1.49. The van der Waals surface area contributed by atoms with Crippen molar-refractivity contribution in [3.63, 3.8) is 0 Å². The lowest BCUT2D eigenvalue weighted by Gasteiger charge is -2.39. The molecule has 0 radical (unpaired) electrons. The number of nitrogens with one attached hydrogen (secondary N) is 2. The second kappa shape index (κ2) is 5.48. The highest BCUT2D eigenvalue weighted by molar-refractivity contribution is 5.94. The van der Waals surface area contributed by atoms with Crippen molar-refractivity contribution in [2.24, 2.45) is 5.41 Å². The maximum Gasteiger partial charge on any atom is 0.254 e. The average molecular weight is 282 g/mol. The third-order valence-corrected chi connectivity index (χ3v) is 3.93. The lowest BCUT2D eigenvalue weighted by atomic mass is 9.80. The maximum absolute atomic E-state index is 13.7. The lowest BCUT2D eigenvalue weighted by molar-refractivity contribution is 0.0864. The third-order valence-electron chi connectivity index (χ3n) is 3.93. The first-order valence-electron chi connectivity index (χ1n) is 6.78. The summed E-state index contributed by atoms with van der Waals surface area (Å²) in [4.78, 5) is 12.2. The molecule has 1 heterocycles. The minimum atomic E-state index is -0.822. The number of aryl methyl sites for hydroxylation is 1. The number of halogens is 2. The number of benzene rings is 1. The lowest BCUT2D eigenvalue weighted by Crippen LogP contribution is -2.54. The first-order chi connectivity index (χ1) is 9.31. The summed E-state index contributed by atoms with van der Waals surface area (Å²) in [5.74, 6) is -1.94. The van der Waals surface area contributed by atoms with Crippen LogP contribution in [0.2, 0.25) is 0 Å². The van der Waals surface area contributed by atoms with Crippen LogP contribution in [0.3, 0.4) is 0 Å². The Morgan fingerprint density at radius 2 is 2.05 bits per heavy atom. The second-order valence-corrected chi connectivity index (χ2v) is 6.06. The van der Waals surface area contributed by atoms with Crippen LogP contribution < -0.4 is 10.6 Å².